The van der Waals surface area contributed by atoms with E-state index >= 15 is 0 Å². The maximum absolute atomic E-state index is 14.0. The number of oxime groups is 1. The van der Waals surface area contributed by atoms with Crippen molar-refractivity contribution < 1.29 is 23.7 Å². The van der Waals surface area contributed by atoms with Crippen molar-refractivity contribution >= 4 is 52.9 Å². The highest BCUT2D eigenvalue weighted by atomic mass is 35.5. The number of hydrogen-bond acceptors (Lipinski definition) is 5. The number of rotatable bonds is 5. The molecule has 0 fully saturated rings. The molecule has 6 rings (SSSR count). The van der Waals surface area contributed by atoms with E-state index in [9.17, 15) is 14.2 Å². The molecule has 4 aromatic rings. The summed E-state index contributed by atoms with van der Waals surface area (Å²) in [7, 11) is -0.991. The molecular weight excluding hydrogens is 555 g/mol. The fourth-order valence-electron chi connectivity index (χ4n) is 5.42. The van der Waals surface area contributed by atoms with Crippen LogP contribution in [0.2, 0.25) is 10.0 Å². The Hall–Kier alpha value is -3.37. The molecule has 4 heterocycles. The van der Waals surface area contributed by atoms with Crippen molar-refractivity contribution in [2.45, 2.75) is 44.9 Å². The number of aromatic nitrogens is 1. The van der Waals surface area contributed by atoms with Gasteiger partial charge in [-0.1, -0.05) is 46.6 Å². The molecule has 0 spiro atoms. The normalized spacial score (nSPS) is 19.5. The van der Waals surface area contributed by atoms with Crippen molar-refractivity contribution in [1.29, 1.82) is 0 Å². The minimum absolute atomic E-state index is 0.0859. The Bertz CT molecular complexity index is 1700. The topological polar surface area (TPSA) is 84.6 Å². The molecule has 0 saturated heterocycles. The van der Waals surface area contributed by atoms with Crippen LogP contribution in [0.15, 0.2) is 65.9 Å². The zero-order chi connectivity index (χ0) is 28.4. The highest BCUT2D eigenvalue weighted by molar-refractivity contribution is 6.62. The van der Waals surface area contributed by atoms with Crippen LogP contribution in [-0.4, -0.2) is 28.2 Å². The van der Waals surface area contributed by atoms with Crippen molar-refractivity contribution in [3.63, 3.8) is 0 Å². The molecule has 0 aliphatic carbocycles. The second kappa shape index (κ2) is 9.63. The maximum Gasteiger partial charge on any atom is 0.492 e. The van der Waals surface area contributed by atoms with Gasteiger partial charge in [-0.05, 0) is 73.8 Å². The van der Waals surface area contributed by atoms with E-state index in [2.05, 4.69) is 10.5 Å². The summed E-state index contributed by atoms with van der Waals surface area (Å²) in [5, 5.41) is 17.4. The smallest absolute Gasteiger partial charge is 0.423 e. The molecule has 40 heavy (non-hydrogen) atoms. The van der Waals surface area contributed by atoms with Crippen molar-refractivity contribution in [2.24, 2.45) is 5.16 Å². The quantitative estimate of drug-likeness (QED) is 0.248. The molecule has 1 atom stereocenters. The summed E-state index contributed by atoms with van der Waals surface area (Å²) in [5.74, 6) is -0.914. The Morgan fingerprint density at radius 3 is 2.65 bits per heavy atom. The first kappa shape index (κ1) is 26.8. The van der Waals surface area contributed by atoms with Crippen molar-refractivity contribution in [1.82, 2.24) is 9.72 Å². The summed E-state index contributed by atoms with van der Waals surface area (Å²) in [6, 6.07) is 16.0. The van der Waals surface area contributed by atoms with Crippen LogP contribution >= 0.6 is 23.2 Å². The maximum atomic E-state index is 14.0. The lowest BCUT2D eigenvalue weighted by molar-refractivity contribution is -0.00742. The number of amides is 1. The van der Waals surface area contributed by atoms with E-state index in [0.29, 0.717) is 34.2 Å². The standard InChI is InChI=1S/C29H25BCl2FN3O4/c1-28(2)19-8-6-16(11-20(19)30(38)39-28)15-34-27(37)18-7-9-25(36-10-4-5-24(18)36)23-14-29(3,40-35-23)17-12-21(31)26(33)22(32)13-17/h4-13,38H,14-15H2,1-3H3,(H,34,37)/t29-/m0/s1. The van der Waals surface area contributed by atoms with Gasteiger partial charge in [0.1, 0.15) is 5.71 Å². The second-order valence-electron chi connectivity index (χ2n) is 10.8. The van der Waals surface area contributed by atoms with Crippen LogP contribution in [0.5, 0.6) is 0 Å². The van der Waals surface area contributed by atoms with Crippen molar-refractivity contribution in [3.8, 4) is 0 Å². The lowest BCUT2D eigenvalue weighted by Gasteiger charge is -2.22. The van der Waals surface area contributed by atoms with Gasteiger partial charge in [0, 0.05) is 24.7 Å². The fourth-order valence-corrected chi connectivity index (χ4v) is 5.90. The Morgan fingerprint density at radius 1 is 1.15 bits per heavy atom. The van der Waals surface area contributed by atoms with E-state index in [4.69, 9.17) is 32.7 Å². The van der Waals surface area contributed by atoms with Gasteiger partial charge in [-0.25, -0.2) is 4.39 Å². The van der Waals surface area contributed by atoms with Gasteiger partial charge in [-0.15, -0.1) is 0 Å². The van der Waals surface area contributed by atoms with Gasteiger partial charge in [0.05, 0.1) is 32.4 Å². The van der Waals surface area contributed by atoms with Gasteiger partial charge in [0.25, 0.3) is 5.91 Å². The SMILES string of the molecule is CC1(C)OB(O)c2cc(CNC(=O)c3ccc(C4=NO[C@](C)(c5cc(Cl)c(F)c(Cl)c5)C4)n4cccc34)ccc21. The monoisotopic (exact) mass is 579 g/mol. The number of nitrogens with zero attached hydrogens (tertiary/aromatic N) is 2. The molecular formula is C29H25BCl2FN3O4. The molecule has 2 aromatic carbocycles. The lowest BCUT2D eigenvalue weighted by atomic mass is 9.77. The summed E-state index contributed by atoms with van der Waals surface area (Å²) in [6.45, 7) is 5.94. The van der Waals surface area contributed by atoms with Gasteiger partial charge < -0.3 is 24.2 Å². The van der Waals surface area contributed by atoms with E-state index in [0.717, 1.165) is 16.8 Å². The highest BCUT2D eigenvalue weighted by Crippen LogP contribution is 2.39. The number of nitrogens with one attached hydrogen (secondary N) is 1. The third-order valence-electron chi connectivity index (χ3n) is 7.58. The number of benzene rings is 2. The van der Waals surface area contributed by atoms with Gasteiger partial charge in [-0.2, -0.15) is 0 Å². The molecule has 0 radical (unpaired) electrons. The molecule has 0 unspecified atom stereocenters. The third kappa shape index (κ3) is 4.47. The van der Waals surface area contributed by atoms with E-state index in [1.165, 1.54) is 12.1 Å². The van der Waals surface area contributed by atoms with Crippen molar-refractivity contribution in [3.05, 3.63) is 105 Å². The molecule has 2 N–H and O–H groups in total. The average Bonchev–Trinajstić information content (AvgIpc) is 3.62. The largest absolute Gasteiger partial charge is 0.492 e. The number of hydrogen-bond donors (Lipinski definition) is 2. The molecule has 11 heteroatoms. The predicted octanol–water partition coefficient (Wildman–Crippen LogP) is 5.31. The summed E-state index contributed by atoms with van der Waals surface area (Å²) in [6.07, 6.45) is 2.24. The van der Waals surface area contributed by atoms with E-state index in [1.54, 1.807) is 6.07 Å². The van der Waals surface area contributed by atoms with Crippen LogP contribution in [0.3, 0.4) is 0 Å². The van der Waals surface area contributed by atoms with Gasteiger partial charge >= 0.3 is 7.12 Å². The fraction of sp³-hybridized carbons (Fsp3) is 0.241. The number of pyridine rings is 1. The average molecular weight is 580 g/mol. The first-order chi connectivity index (χ1) is 19.0. The Kier molecular flexibility index (Phi) is 6.46. The first-order valence-corrected chi connectivity index (χ1v) is 13.5. The first-order valence-electron chi connectivity index (χ1n) is 12.7. The summed E-state index contributed by atoms with van der Waals surface area (Å²) in [5.41, 5.74) is 4.28. The zero-order valence-corrected chi connectivity index (χ0v) is 23.5. The van der Waals surface area contributed by atoms with Crippen LogP contribution in [-0.2, 0) is 27.2 Å². The van der Waals surface area contributed by atoms with Crippen molar-refractivity contribution in [2.75, 3.05) is 0 Å². The number of halogens is 3. The molecule has 1 amide bonds. The van der Waals surface area contributed by atoms with Crippen LogP contribution in [0.1, 0.15) is 59.9 Å². The van der Waals surface area contributed by atoms with E-state index in [-0.39, 0.29) is 22.5 Å². The van der Waals surface area contributed by atoms with Crippen LogP contribution < -0.4 is 10.8 Å². The number of carbonyl (C=O) groups excluding carboxylic acids is 1. The Morgan fingerprint density at radius 2 is 1.90 bits per heavy atom. The van der Waals surface area contributed by atoms with Gasteiger partial charge in [0.2, 0.25) is 0 Å². The summed E-state index contributed by atoms with van der Waals surface area (Å²) < 4.78 is 21.5. The molecule has 0 bridgehead atoms. The molecule has 0 saturated carbocycles. The molecule has 2 aliphatic heterocycles. The third-order valence-corrected chi connectivity index (χ3v) is 8.13. The van der Waals surface area contributed by atoms with Crippen LogP contribution in [0.4, 0.5) is 4.39 Å². The molecule has 2 aliphatic rings. The number of fused-ring (bicyclic) bond motifs is 2. The summed E-state index contributed by atoms with van der Waals surface area (Å²) in [4.78, 5) is 19.0. The lowest BCUT2D eigenvalue weighted by Crippen LogP contribution is -2.30. The highest BCUT2D eigenvalue weighted by Gasteiger charge is 2.41. The predicted molar refractivity (Wildman–Crippen MR) is 153 cm³/mol. The molecule has 7 nitrogen and oxygen atoms in total. The van der Waals surface area contributed by atoms with Crippen LogP contribution in [0.25, 0.3) is 5.52 Å². The minimum atomic E-state index is -0.991. The van der Waals surface area contributed by atoms with E-state index in [1.807, 2.05) is 67.8 Å². The Labute approximate surface area is 240 Å². The van der Waals surface area contributed by atoms with Crippen LogP contribution in [0, 0.1) is 5.82 Å². The minimum Gasteiger partial charge on any atom is -0.423 e. The Balaban J connectivity index is 1.21. The van der Waals surface area contributed by atoms with Gasteiger partial charge in [0.15, 0.2) is 11.4 Å². The molecule has 2 aromatic heterocycles. The van der Waals surface area contributed by atoms with Gasteiger partial charge in [-0.3, -0.25) is 4.79 Å². The van der Waals surface area contributed by atoms with E-state index < -0.39 is 24.1 Å². The zero-order valence-electron chi connectivity index (χ0n) is 22.0. The summed E-state index contributed by atoms with van der Waals surface area (Å²) >= 11 is 12.0. The molecule has 204 valence electrons. The number of carbonyl (C=O) groups is 1. The second-order valence-corrected chi connectivity index (χ2v) is 11.6.